The van der Waals surface area contributed by atoms with Gasteiger partial charge in [-0.15, -0.1) is 0 Å². The van der Waals surface area contributed by atoms with Crippen molar-refractivity contribution >= 4 is 10.8 Å². The molecule has 1 aromatic heterocycles. The summed E-state index contributed by atoms with van der Waals surface area (Å²) in [6.07, 6.45) is 1.17. The van der Waals surface area contributed by atoms with Gasteiger partial charge in [0.15, 0.2) is 5.76 Å². The molecule has 0 spiro atoms. The van der Waals surface area contributed by atoms with Gasteiger partial charge >= 0.3 is 0 Å². The number of nitrogens with one attached hydrogen (secondary N) is 1. The minimum Gasteiger partial charge on any atom is -0.486 e. The molecule has 0 saturated carbocycles. The summed E-state index contributed by atoms with van der Waals surface area (Å²) < 4.78 is 17.9. The molecule has 5 heteroatoms. The SMILES string of the molecule is c1ccc(-c2cc(COc3ccc(C4CCNCC4OCc4ccc5ccccc5c4)cc3)on2)cc1. The van der Waals surface area contributed by atoms with Gasteiger partial charge in [0.2, 0.25) is 0 Å². The van der Waals surface area contributed by atoms with Crippen LogP contribution >= 0.6 is 0 Å². The summed E-state index contributed by atoms with van der Waals surface area (Å²) in [5.74, 6) is 1.85. The van der Waals surface area contributed by atoms with E-state index >= 15 is 0 Å². The van der Waals surface area contributed by atoms with Gasteiger partial charge in [-0.3, -0.25) is 0 Å². The Hall–Kier alpha value is -3.93. The number of hydrogen-bond donors (Lipinski definition) is 1. The molecule has 2 heterocycles. The lowest BCUT2D eigenvalue weighted by atomic mass is 9.87. The first-order valence-corrected chi connectivity index (χ1v) is 12.9. The summed E-state index contributed by atoms with van der Waals surface area (Å²) in [4.78, 5) is 0. The summed E-state index contributed by atoms with van der Waals surface area (Å²) in [7, 11) is 0. The molecule has 2 atom stereocenters. The van der Waals surface area contributed by atoms with Crippen molar-refractivity contribution < 1.29 is 14.0 Å². The van der Waals surface area contributed by atoms with E-state index in [4.69, 9.17) is 14.0 Å². The van der Waals surface area contributed by atoms with Crippen LogP contribution in [-0.4, -0.2) is 24.4 Å². The van der Waals surface area contributed by atoms with Gasteiger partial charge in [0.25, 0.3) is 0 Å². The van der Waals surface area contributed by atoms with E-state index in [0.29, 0.717) is 24.9 Å². The predicted molar refractivity (Wildman–Crippen MR) is 145 cm³/mol. The van der Waals surface area contributed by atoms with Crippen molar-refractivity contribution in [1.29, 1.82) is 0 Å². The predicted octanol–water partition coefficient (Wildman–Crippen LogP) is 6.74. The Bertz CT molecular complexity index is 1450. The fourth-order valence-electron chi connectivity index (χ4n) is 5.01. The van der Waals surface area contributed by atoms with E-state index < -0.39 is 0 Å². The van der Waals surface area contributed by atoms with Gasteiger partial charge in [0, 0.05) is 24.1 Å². The number of aromatic nitrogens is 1. The van der Waals surface area contributed by atoms with E-state index in [0.717, 1.165) is 36.5 Å². The zero-order valence-electron chi connectivity index (χ0n) is 20.7. The average molecular weight is 491 g/mol. The van der Waals surface area contributed by atoms with Crippen LogP contribution in [0.5, 0.6) is 5.75 Å². The Morgan fingerprint density at radius 2 is 1.62 bits per heavy atom. The van der Waals surface area contributed by atoms with Gasteiger partial charge in [0.1, 0.15) is 18.1 Å². The first kappa shape index (κ1) is 23.5. The Morgan fingerprint density at radius 3 is 2.49 bits per heavy atom. The molecule has 0 radical (unpaired) electrons. The number of nitrogens with zero attached hydrogens (tertiary/aromatic N) is 1. The van der Waals surface area contributed by atoms with Crippen LogP contribution in [0.3, 0.4) is 0 Å². The third-order valence-electron chi connectivity index (χ3n) is 7.02. The number of benzene rings is 4. The lowest BCUT2D eigenvalue weighted by molar-refractivity contribution is 0.0106. The van der Waals surface area contributed by atoms with E-state index in [9.17, 15) is 0 Å². The van der Waals surface area contributed by atoms with Crippen molar-refractivity contribution in [2.75, 3.05) is 13.1 Å². The monoisotopic (exact) mass is 490 g/mol. The van der Waals surface area contributed by atoms with Crippen molar-refractivity contribution in [3.63, 3.8) is 0 Å². The number of piperidine rings is 1. The molecule has 5 aromatic rings. The van der Waals surface area contributed by atoms with E-state index in [1.165, 1.54) is 21.9 Å². The van der Waals surface area contributed by atoms with Gasteiger partial charge in [-0.25, -0.2) is 0 Å². The molecule has 0 amide bonds. The van der Waals surface area contributed by atoms with Gasteiger partial charge < -0.3 is 19.3 Å². The van der Waals surface area contributed by atoms with Gasteiger partial charge in [0.05, 0.1) is 12.7 Å². The zero-order chi connectivity index (χ0) is 24.9. The maximum atomic E-state index is 6.45. The lowest BCUT2D eigenvalue weighted by Crippen LogP contribution is -2.40. The third-order valence-corrected chi connectivity index (χ3v) is 7.02. The minimum absolute atomic E-state index is 0.123. The Morgan fingerprint density at radius 1 is 0.811 bits per heavy atom. The van der Waals surface area contributed by atoms with Crippen LogP contribution < -0.4 is 10.1 Å². The van der Waals surface area contributed by atoms with E-state index in [1.54, 1.807) is 0 Å². The normalized spacial score (nSPS) is 17.6. The van der Waals surface area contributed by atoms with Crippen LogP contribution in [0.1, 0.15) is 29.2 Å². The van der Waals surface area contributed by atoms with Crippen molar-refractivity contribution in [3.8, 4) is 17.0 Å². The Labute approximate surface area is 217 Å². The van der Waals surface area contributed by atoms with Crippen LogP contribution in [0.2, 0.25) is 0 Å². The molecule has 1 aliphatic rings. The van der Waals surface area contributed by atoms with Crippen molar-refractivity contribution in [2.45, 2.75) is 31.7 Å². The van der Waals surface area contributed by atoms with Crippen LogP contribution in [0, 0.1) is 0 Å². The van der Waals surface area contributed by atoms with E-state index in [2.05, 4.69) is 65.1 Å². The first-order valence-electron chi connectivity index (χ1n) is 12.9. The highest BCUT2D eigenvalue weighted by Gasteiger charge is 2.27. The molecule has 6 rings (SSSR count). The molecule has 4 aromatic carbocycles. The molecule has 1 N–H and O–H groups in total. The number of hydrogen-bond acceptors (Lipinski definition) is 5. The molecular formula is C32H30N2O3. The molecule has 0 aliphatic carbocycles. The molecule has 0 bridgehead atoms. The van der Waals surface area contributed by atoms with Crippen molar-refractivity contribution in [1.82, 2.24) is 10.5 Å². The maximum absolute atomic E-state index is 6.45. The Balaban J connectivity index is 1.07. The van der Waals surface area contributed by atoms with Crippen LogP contribution in [0.25, 0.3) is 22.0 Å². The first-order chi connectivity index (χ1) is 18.3. The standard InChI is InChI=1S/C32H30N2O3/c1-2-7-26(8-3-1)31-19-29(37-34-31)22-35-28-14-12-25(13-15-28)30-16-17-33-20-32(30)36-21-23-10-11-24-6-4-5-9-27(24)18-23/h1-15,18-19,30,32-33H,16-17,20-22H2. The Kier molecular flexibility index (Phi) is 6.97. The third kappa shape index (κ3) is 5.58. The smallest absolute Gasteiger partial charge is 0.174 e. The number of rotatable bonds is 8. The second-order valence-electron chi connectivity index (χ2n) is 9.53. The molecule has 5 nitrogen and oxygen atoms in total. The van der Waals surface area contributed by atoms with Crippen LogP contribution in [0.4, 0.5) is 0 Å². The van der Waals surface area contributed by atoms with Crippen molar-refractivity contribution in [3.05, 3.63) is 120 Å². The highest BCUT2D eigenvalue weighted by atomic mass is 16.5. The largest absolute Gasteiger partial charge is 0.486 e. The average Bonchev–Trinajstić information content (AvgIpc) is 3.45. The summed E-state index contributed by atoms with van der Waals surface area (Å²) in [6, 6.07) is 35.3. The summed E-state index contributed by atoms with van der Waals surface area (Å²) in [5, 5.41) is 10.2. The summed E-state index contributed by atoms with van der Waals surface area (Å²) in [5.41, 5.74) is 4.33. The molecule has 37 heavy (non-hydrogen) atoms. The van der Waals surface area contributed by atoms with Crippen molar-refractivity contribution in [2.24, 2.45) is 0 Å². The molecule has 2 unspecified atom stereocenters. The fourth-order valence-corrected chi connectivity index (χ4v) is 5.01. The van der Waals surface area contributed by atoms with E-state index in [-0.39, 0.29) is 6.10 Å². The second-order valence-corrected chi connectivity index (χ2v) is 9.53. The summed E-state index contributed by atoms with van der Waals surface area (Å²) in [6.45, 7) is 2.79. The zero-order valence-corrected chi connectivity index (χ0v) is 20.7. The van der Waals surface area contributed by atoms with E-state index in [1.807, 2.05) is 48.5 Å². The lowest BCUT2D eigenvalue weighted by Gasteiger charge is -2.32. The molecule has 1 aliphatic heterocycles. The molecule has 1 fully saturated rings. The molecule has 186 valence electrons. The highest BCUT2D eigenvalue weighted by Crippen LogP contribution is 2.30. The summed E-state index contributed by atoms with van der Waals surface area (Å²) >= 11 is 0. The topological polar surface area (TPSA) is 56.5 Å². The van der Waals surface area contributed by atoms with Gasteiger partial charge in [-0.05, 0) is 53.1 Å². The fraction of sp³-hybridized carbons (Fsp3) is 0.219. The maximum Gasteiger partial charge on any atom is 0.174 e. The molecule has 1 saturated heterocycles. The quantitative estimate of drug-likeness (QED) is 0.261. The molecular weight excluding hydrogens is 460 g/mol. The second kappa shape index (κ2) is 11.0. The number of fused-ring (bicyclic) bond motifs is 1. The van der Waals surface area contributed by atoms with Gasteiger partial charge in [-0.2, -0.15) is 0 Å². The van der Waals surface area contributed by atoms with Crippen LogP contribution in [-0.2, 0) is 18.0 Å². The van der Waals surface area contributed by atoms with Crippen LogP contribution in [0.15, 0.2) is 108 Å². The minimum atomic E-state index is 0.123. The highest BCUT2D eigenvalue weighted by molar-refractivity contribution is 5.82. The van der Waals surface area contributed by atoms with Gasteiger partial charge in [-0.1, -0.05) is 84.0 Å². The number of ether oxygens (including phenoxy) is 2.